The van der Waals surface area contributed by atoms with E-state index in [9.17, 15) is 4.79 Å². The Morgan fingerprint density at radius 3 is 2.30 bits per heavy atom. The Bertz CT molecular complexity index is 640. The standard InChI is InChI=1S/C19H23NO3/c1-4-5-13-20(16-9-7-6-8-10-16)19(21)15-11-12-17(22-2)18(14-15)23-3/h6-12,14H,4-5,13H2,1-3H3. The zero-order valence-electron chi connectivity index (χ0n) is 13.9. The van der Waals surface area contributed by atoms with Gasteiger partial charge in [0, 0.05) is 17.8 Å². The molecule has 2 rings (SSSR count). The molecular formula is C19H23NO3. The van der Waals surface area contributed by atoms with Crippen molar-refractivity contribution in [3.8, 4) is 11.5 Å². The number of amides is 1. The summed E-state index contributed by atoms with van der Waals surface area (Å²) in [5.74, 6) is 1.14. The van der Waals surface area contributed by atoms with Crippen molar-refractivity contribution < 1.29 is 14.3 Å². The van der Waals surface area contributed by atoms with Crippen molar-refractivity contribution in [3.05, 3.63) is 54.1 Å². The average molecular weight is 313 g/mol. The molecule has 0 saturated carbocycles. The molecule has 0 heterocycles. The molecule has 0 aliphatic rings. The molecule has 0 saturated heterocycles. The van der Waals surface area contributed by atoms with Crippen LogP contribution in [-0.4, -0.2) is 26.7 Å². The van der Waals surface area contributed by atoms with Gasteiger partial charge in [-0.3, -0.25) is 4.79 Å². The molecule has 0 aliphatic heterocycles. The van der Waals surface area contributed by atoms with Crippen molar-refractivity contribution in [3.63, 3.8) is 0 Å². The van der Waals surface area contributed by atoms with Crippen LogP contribution in [0.5, 0.6) is 11.5 Å². The van der Waals surface area contributed by atoms with Crippen LogP contribution in [0, 0.1) is 0 Å². The first-order valence-corrected chi connectivity index (χ1v) is 7.80. The summed E-state index contributed by atoms with van der Waals surface area (Å²) >= 11 is 0. The number of carbonyl (C=O) groups is 1. The molecule has 0 atom stereocenters. The monoisotopic (exact) mass is 313 g/mol. The first kappa shape index (κ1) is 16.9. The van der Waals surface area contributed by atoms with Gasteiger partial charge < -0.3 is 14.4 Å². The number of para-hydroxylation sites is 1. The Balaban J connectivity index is 2.33. The largest absolute Gasteiger partial charge is 0.493 e. The number of methoxy groups -OCH3 is 2. The van der Waals surface area contributed by atoms with Gasteiger partial charge in [0.2, 0.25) is 0 Å². The third-order valence-corrected chi connectivity index (χ3v) is 3.68. The van der Waals surface area contributed by atoms with E-state index >= 15 is 0 Å². The highest BCUT2D eigenvalue weighted by Crippen LogP contribution is 2.29. The van der Waals surface area contributed by atoms with Gasteiger partial charge in [-0.1, -0.05) is 31.5 Å². The van der Waals surface area contributed by atoms with Gasteiger partial charge >= 0.3 is 0 Å². The Kier molecular flexibility index (Phi) is 6.03. The fourth-order valence-corrected chi connectivity index (χ4v) is 2.40. The Labute approximate surface area is 137 Å². The number of hydrogen-bond donors (Lipinski definition) is 0. The van der Waals surface area contributed by atoms with E-state index in [1.165, 1.54) is 0 Å². The number of unbranched alkanes of at least 4 members (excludes halogenated alkanes) is 1. The summed E-state index contributed by atoms with van der Waals surface area (Å²) in [7, 11) is 3.15. The normalized spacial score (nSPS) is 10.2. The van der Waals surface area contributed by atoms with Crippen LogP contribution >= 0.6 is 0 Å². The Morgan fingerprint density at radius 1 is 1.00 bits per heavy atom. The second-order valence-corrected chi connectivity index (χ2v) is 5.22. The Hall–Kier alpha value is -2.49. The number of anilines is 1. The molecule has 0 fully saturated rings. The van der Waals surface area contributed by atoms with Crippen molar-refractivity contribution in [1.29, 1.82) is 0 Å². The summed E-state index contributed by atoms with van der Waals surface area (Å²) in [6.45, 7) is 2.80. The van der Waals surface area contributed by atoms with Gasteiger partial charge in [0.15, 0.2) is 11.5 Å². The summed E-state index contributed by atoms with van der Waals surface area (Å²) in [4.78, 5) is 14.8. The summed E-state index contributed by atoms with van der Waals surface area (Å²) in [6, 6.07) is 15.0. The van der Waals surface area contributed by atoms with E-state index in [2.05, 4.69) is 6.92 Å². The molecule has 122 valence electrons. The number of ether oxygens (including phenoxy) is 2. The van der Waals surface area contributed by atoms with E-state index in [1.54, 1.807) is 32.4 Å². The molecule has 0 N–H and O–H groups in total. The van der Waals surface area contributed by atoms with Crippen molar-refractivity contribution >= 4 is 11.6 Å². The lowest BCUT2D eigenvalue weighted by molar-refractivity contribution is 0.0986. The lowest BCUT2D eigenvalue weighted by Gasteiger charge is -2.23. The van der Waals surface area contributed by atoms with Crippen molar-refractivity contribution in [1.82, 2.24) is 0 Å². The van der Waals surface area contributed by atoms with Gasteiger partial charge in [0.1, 0.15) is 0 Å². The van der Waals surface area contributed by atoms with E-state index in [-0.39, 0.29) is 5.91 Å². The van der Waals surface area contributed by atoms with Crippen LogP contribution in [0.15, 0.2) is 48.5 Å². The molecule has 0 spiro atoms. The van der Waals surface area contributed by atoms with E-state index in [0.717, 1.165) is 18.5 Å². The van der Waals surface area contributed by atoms with Crippen LogP contribution < -0.4 is 14.4 Å². The highest BCUT2D eigenvalue weighted by Gasteiger charge is 2.18. The minimum Gasteiger partial charge on any atom is -0.493 e. The van der Waals surface area contributed by atoms with Crippen LogP contribution in [0.3, 0.4) is 0 Å². The number of nitrogens with zero attached hydrogens (tertiary/aromatic N) is 1. The molecule has 4 nitrogen and oxygen atoms in total. The summed E-state index contributed by atoms with van der Waals surface area (Å²) < 4.78 is 10.5. The van der Waals surface area contributed by atoms with Gasteiger partial charge in [-0.2, -0.15) is 0 Å². The molecule has 0 unspecified atom stereocenters. The van der Waals surface area contributed by atoms with E-state index in [4.69, 9.17) is 9.47 Å². The second kappa shape index (κ2) is 8.22. The van der Waals surface area contributed by atoms with E-state index < -0.39 is 0 Å². The SMILES string of the molecule is CCCCN(C(=O)c1ccc(OC)c(OC)c1)c1ccccc1. The van der Waals surface area contributed by atoms with Crippen LogP contribution in [0.25, 0.3) is 0 Å². The molecule has 0 radical (unpaired) electrons. The fourth-order valence-electron chi connectivity index (χ4n) is 2.40. The first-order chi connectivity index (χ1) is 11.2. The van der Waals surface area contributed by atoms with Gasteiger partial charge in [0.05, 0.1) is 14.2 Å². The molecule has 0 aromatic heterocycles. The van der Waals surface area contributed by atoms with Gasteiger partial charge in [-0.05, 0) is 36.8 Å². The maximum Gasteiger partial charge on any atom is 0.258 e. The predicted octanol–water partition coefficient (Wildman–Crippen LogP) is 4.15. The lowest BCUT2D eigenvalue weighted by Crippen LogP contribution is -2.31. The van der Waals surface area contributed by atoms with Crippen LogP contribution in [0.4, 0.5) is 5.69 Å². The maximum atomic E-state index is 12.9. The molecule has 1 amide bonds. The fraction of sp³-hybridized carbons (Fsp3) is 0.316. The van der Waals surface area contributed by atoms with Crippen LogP contribution in [0.1, 0.15) is 30.1 Å². The third-order valence-electron chi connectivity index (χ3n) is 3.68. The first-order valence-electron chi connectivity index (χ1n) is 7.80. The van der Waals surface area contributed by atoms with E-state index in [1.807, 2.05) is 35.2 Å². The summed E-state index contributed by atoms with van der Waals surface area (Å²) in [5.41, 5.74) is 1.49. The number of rotatable bonds is 7. The summed E-state index contributed by atoms with van der Waals surface area (Å²) in [6.07, 6.45) is 1.98. The average Bonchev–Trinajstić information content (AvgIpc) is 2.62. The predicted molar refractivity (Wildman–Crippen MR) is 92.6 cm³/mol. The minimum atomic E-state index is -0.0365. The van der Waals surface area contributed by atoms with Crippen LogP contribution in [-0.2, 0) is 0 Å². The van der Waals surface area contributed by atoms with Crippen LogP contribution in [0.2, 0.25) is 0 Å². The zero-order valence-corrected chi connectivity index (χ0v) is 13.9. The highest BCUT2D eigenvalue weighted by molar-refractivity contribution is 6.06. The molecule has 0 bridgehead atoms. The number of hydrogen-bond acceptors (Lipinski definition) is 3. The maximum absolute atomic E-state index is 12.9. The number of carbonyl (C=O) groups excluding carboxylic acids is 1. The quantitative estimate of drug-likeness (QED) is 0.771. The summed E-state index contributed by atoms with van der Waals surface area (Å²) in [5, 5.41) is 0. The second-order valence-electron chi connectivity index (χ2n) is 5.22. The van der Waals surface area contributed by atoms with E-state index in [0.29, 0.717) is 23.6 Å². The lowest BCUT2D eigenvalue weighted by atomic mass is 10.1. The van der Waals surface area contributed by atoms with Gasteiger partial charge in [0.25, 0.3) is 5.91 Å². The zero-order chi connectivity index (χ0) is 16.7. The minimum absolute atomic E-state index is 0.0365. The van der Waals surface area contributed by atoms with Crippen molar-refractivity contribution in [2.75, 3.05) is 25.7 Å². The molecule has 2 aromatic carbocycles. The van der Waals surface area contributed by atoms with Gasteiger partial charge in [-0.25, -0.2) is 0 Å². The smallest absolute Gasteiger partial charge is 0.258 e. The molecule has 23 heavy (non-hydrogen) atoms. The Morgan fingerprint density at radius 2 is 1.70 bits per heavy atom. The highest BCUT2D eigenvalue weighted by atomic mass is 16.5. The third kappa shape index (κ3) is 4.03. The van der Waals surface area contributed by atoms with Crippen molar-refractivity contribution in [2.24, 2.45) is 0 Å². The van der Waals surface area contributed by atoms with Gasteiger partial charge in [-0.15, -0.1) is 0 Å². The molecule has 4 heteroatoms. The molecular weight excluding hydrogens is 290 g/mol. The van der Waals surface area contributed by atoms with Crippen molar-refractivity contribution in [2.45, 2.75) is 19.8 Å². The molecule has 0 aliphatic carbocycles. The molecule has 2 aromatic rings. The topological polar surface area (TPSA) is 38.8 Å². The number of benzene rings is 2.